The Morgan fingerprint density at radius 1 is 1.30 bits per heavy atom. The molecule has 0 heterocycles. The second-order valence-corrected chi connectivity index (χ2v) is 6.90. The molecule has 1 atom stereocenters. The summed E-state index contributed by atoms with van der Waals surface area (Å²) in [6.45, 7) is 14.9. The zero-order valence-corrected chi connectivity index (χ0v) is 15.0. The minimum Gasteiger partial charge on any atom is -0.382 e. The lowest BCUT2D eigenvalue weighted by atomic mass is 9.89. The Balaban J connectivity index is 2.16. The molecular weight excluding hydrogens is 278 g/mol. The number of fused-ring (bicyclic) bond motifs is 1. The van der Waals surface area contributed by atoms with Gasteiger partial charge in [0.15, 0.2) is 0 Å². The lowest BCUT2D eigenvalue weighted by molar-refractivity contribution is 0.494. The predicted molar refractivity (Wildman–Crippen MR) is 103 cm³/mol. The highest BCUT2D eigenvalue weighted by Crippen LogP contribution is 2.28. The highest BCUT2D eigenvalue weighted by atomic mass is 14.9. The number of rotatable bonds is 8. The van der Waals surface area contributed by atoms with Gasteiger partial charge in [0, 0.05) is 11.7 Å². The van der Waals surface area contributed by atoms with Gasteiger partial charge in [-0.05, 0) is 60.9 Å². The summed E-state index contributed by atoms with van der Waals surface area (Å²) in [5.41, 5.74) is 7.71. The summed E-state index contributed by atoms with van der Waals surface area (Å²) in [7, 11) is 0. The van der Waals surface area contributed by atoms with Crippen molar-refractivity contribution in [2.75, 3.05) is 0 Å². The first kappa shape index (κ1) is 17.6. The van der Waals surface area contributed by atoms with Crippen LogP contribution in [-0.4, -0.2) is 6.04 Å². The van der Waals surface area contributed by atoms with Gasteiger partial charge in [-0.15, -0.1) is 0 Å². The standard InChI is InChI=1S/C22H31N/c1-6-8-9-21(7-2)23-22-15-19-11-10-18(12-16(3)4)14-20(19)13-17(22)5/h10-11,14-15,21,23H,3,5-9,12-13H2,1-2,4H3. The van der Waals surface area contributed by atoms with E-state index in [9.17, 15) is 0 Å². The number of unbranched alkanes of at least 4 members (excludes halogenated alkanes) is 1. The molecule has 1 heteroatoms. The Morgan fingerprint density at radius 2 is 2.09 bits per heavy atom. The Kier molecular flexibility index (Phi) is 6.27. The number of hydrogen-bond donors (Lipinski definition) is 1. The molecule has 0 saturated heterocycles. The Hall–Kier alpha value is -1.76. The molecule has 1 aromatic carbocycles. The molecule has 1 unspecified atom stereocenters. The van der Waals surface area contributed by atoms with E-state index in [1.54, 1.807) is 0 Å². The summed E-state index contributed by atoms with van der Waals surface area (Å²) in [5.74, 6) is 0. The summed E-state index contributed by atoms with van der Waals surface area (Å²) in [4.78, 5) is 0. The molecule has 124 valence electrons. The van der Waals surface area contributed by atoms with Crippen LogP contribution in [0.5, 0.6) is 0 Å². The molecule has 0 radical (unpaired) electrons. The monoisotopic (exact) mass is 309 g/mol. The number of benzene rings is 1. The molecule has 0 amide bonds. The third-order valence-corrected chi connectivity index (χ3v) is 4.56. The quantitative estimate of drug-likeness (QED) is 0.597. The second-order valence-electron chi connectivity index (χ2n) is 6.90. The van der Waals surface area contributed by atoms with Crippen LogP contribution in [0.4, 0.5) is 0 Å². The highest BCUT2D eigenvalue weighted by Gasteiger charge is 2.16. The van der Waals surface area contributed by atoms with Crippen molar-refractivity contribution in [3.05, 3.63) is 64.9 Å². The van der Waals surface area contributed by atoms with E-state index in [4.69, 9.17) is 0 Å². The van der Waals surface area contributed by atoms with E-state index in [0.717, 1.165) is 19.3 Å². The van der Waals surface area contributed by atoms with Gasteiger partial charge in [-0.3, -0.25) is 0 Å². The normalized spacial score (nSPS) is 14.9. The summed E-state index contributed by atoms with van der Waals surface area (Å²) in [6, 6.07) is 7.34. The number of nitrogens with one attached hydrogen (secondary N) is 1. The average Bonchev–Trinajstić information content (AvgIpc) is 2.51. The molecule has 1 nitrogen and oxygen atoms in total. The minimum absolute atomic E-state index is 0.558. The molecule has 1 N–H and O–H groups in total. The van der Waals surface area contributed by atoms with E-state index < -0.39 is 0 Å². The first-order valence-corrected chi connectivity index (χ1v) is 8.96. The van der Waals surface area contributed by atoms with Crippen molar-refractivity contribution in [3.63, 3.8) is 0 Å². The lowest BCUT2D eigenvalue weighted by Crippen LogP contribution is -2.29. The van der Waals surface area contributed by atoms with Gasteiger partial charge in [0.1, 0.15) is 0 Å². The fourth-order valence-corrected chi connectivity index (χ4v) is 3.19. The van der Waals surface area contributed by atoms with Crippen LogP contribution >= 0.6 is 0 Å². The molecule has 2 rings (SSSR count). The molecule has 1 aliphatic rings. The maximum absolute atomic E-state index is 4.30. The fraction of sp³-hybridized carbons (Fsp3) is 0.455. The average molecular weight is 309 g/mol. The third kappa shape index (κ3) is 4.86. The predicted octanol–water partition coefficient (Wildman–Crippen LogP) is 5.82. The van der Waals surface area contributed by atoms with Gasteiger partial charge in [0.2, 0.25) is 0 Å². The van der Waals surface area contributed by atoms with Crippen LogP contribution in [0.15, 0.2) is 48.2 Å². The first-order chi connectivity index (χ1) is 11.0. The minimum atomic E-state index is 0.558. The van der Waals surface area contributed by atoms with Crippen molar-refractivity contribution in [3.8, 4) is 0 Å². The van der Waals surface area contributed by atoms with Gasteiger partial charge in [-0.25, -0.2) is 0 Å². The van der Waals surface area contributed by atoms with E-state index in [1.807, 2.05) is 0 Å². The van der Waals surface area contributed by atoms with Crippen LogP contribution in [-0.2, 0) is 12.8 Å². The molecule has 0 fully saturated rings. The summed E-state index contributed by atoms with van der Waals surface area (Å²) in [5, 5.41) is 3.73. The topological polar surface area (TPSA) is 12.0 Å². The van der Waals surface area contributed by atoms with Gasteiger partial charge in [0.25, 0.3) is 0 Å². The summed E-state index contributed by atoms with van der Waals surface area (Å²) in [6.07, 6.45) is 9.13. The van der Waals surface area contributed by atoms with Crippen LogP contribution in [0.25, 0.3) is 6.08 Å². The largest absolute Gasteiger partial charge is 0.382 e. The molecule has 1 aliphatic carbocycles. The van der Waals surface area contributed by atoms with Crippen LogP contribution < -0.4 is 5.32 Å². The van der Waals surface area contributed by atoms with Gasteiger partial charge in [-0.2, -0.15) is 0 Å². The Labute approximate surface area is 142 Å². The van der Waals surface area contributed by atoms with Gasteiger partial charge in [-0.1, -0.05) is 63.6 Å². The smallest absolute Gasteiger partial charge is 0.0378 e. The van der Waals surface area contributed by atoms with Crippen molar-refractivity contribution in [1.82, 2.24) is 5.32 Å². The molecule has 23 heavy (non-hydrogen) atoms. The Bertz CT molecular complexity index is 606. The molecular formula is C22H31N. The van der Waals surface area contributed by atoms with Gasteiger partial charge < -0.3 is 5.32 Å². The maximum atomic E-state index is 4.30. The van der Waals surface area contributed by atoms with E-state index in [-0.39, 0.29) is 0 Å². The molecule has 0 bridgehead atoms. The third-order valence-electron chi connectivity index (χ3n) is 4.56. The molecule has 0 aromatic heterocycles. The summed E-state index contributed by atoms with van der Waals surface area (Å²) < 4.78 is 0. The van der Waals surface area contributed by atoms with E-state index in [1.165, 1.54) is 52.8 Å². The van der Waals surface area contributed by atoms with Crippen molar-refractivity contribution in [2.45, 2.75) is 65.3 Å². The molecule has 0 saturated carbocycles. The molecule has 0 aliphatic heterocycles. The van der Waals surface area contributed by atoms with Crippen LogP contribution in [0.3, 0.4) is 0 Å². The van der Waals surface area contributed by atoms with Crippen molar-refractivity contribution in [2.24, 2.45) is 0 Å². The van der Waals surface area contributed by atoms with E-state index in [2.05, 4.69) is 63.5 Å². The van der Waals surface area contributed by atoms with Crippen LogP contribution in [0.1, 0.15) is 63.1 Å². The van der Waals surface area contributed by atoms with Crippen molar-refractivity contribution in [1.29, 1.82) is 0 Å². The van der Waals surface area contributed by atoms with Crippen molar-refractivity contribution >= 4 is 6.08 Å². The SMILES string of the molecule is C=C(C)Cc1ccc2c(c1)CC(=C)C(NC(CC)CCCC)=C2. The van der Waals surface area contributed by atoms with Crippen molar-refractivity contribution < 1.29 is 0 Å². The van der Waals surface area contributed by atoms with E-state index >= 15 is 0 Å². The molecule has 0 spiro atoms. The van der Waals surface area contributed by atoms with Crippen LogP contribution in [0.2, 0.25) is 0 Å². The van der Waals surface area contributed by atoms with Gasteiger partial charge >= 0.3 is 0 Å². The lowest BCUT2D eigenvalue weighted by Gasteiger charge is -2.25. The zero-order chi connectivity index (χ0) is 16.8. The highest BCUT2D eigenvalue weighted by molar-refractivity contribution is 5.66. The number of allylic oxidation sites excluding steroid dienone is 2. The Morgan fingerprint density at radius 3 is 2.74 bits per heavy atom. The molecule has 1 aromatic rings. The fourth-order valence-electron chi connectivity index (χ4n) is 3.19. The summed E-state index contributed by atoms with van der Waals surface area (Å²) >= 11 is 0. The second kappa shape index (κ2) is 8.19. The number of hydrogen-bond acceptors (Lipinski definition) is 1. The zero-order valence-electron chi connectivity index (χ0n) is 15.0. The first-order valence-electron chi connectivity index (χ1n) is 8.96. The van der Waals surface area contributed by atoms with Crippen LogP contribution in [0, 0.1) is 0 Å². The van der Waals surface area contributed by atoms with E-state index in [0.29, 0.717) is 6.04 Å². The van der Waals surface area contributed by atoms with Gasteiger partial charge in [0.05, 0.1) is 0 Å². The maximum Gasteiger partial charge on any atom is 0.0378 e.